The van der Waals surface area contributed by atoms with E-state index in [-0.39, 0.29) is 21.9 Å². The maximum atomic E-state index is 12.1. The second-order valence-electron chi connectivity index (χ2n) is 5.15. The normalized spacial score (nSPS) is 16.7. The van der Waals surface area contributed by atoms with Crippen molar-refractivity contribution in [2.45, 2.75) is 0 Å². The van der Waals surface area contributed by atoms with Crippen molar-refractivity contribution in [3.8, 4) is 11.5 Å². The minimum atomic E-state index is -0.572. The van der Waals surface area contributed by atoms with Crippen LogP contribution in [-0.4, -0.2) is 28.2 Å². The van der Waals surface area contributed by atoms with Gasteiger partial charge in [0.25, 0.3) is 11.6 Å². The van der Waals surface area contributed by atoms with Gasteiger partial charge in [-0.15, -0.1) is 0 Å². The Morgan fingerprint density at radius 3 is 2.81 bits per heavy atom. The SMILES string of the molecule is COc1ccccc1N=C1NC(=O)/C(=C/c2cc([N+](=O)[O-])ccc2O)S1. The number of hydrogen-bond acceptors (Lipinski definition) is 7. The minimum Gasteiger partial charge on any atom is -0.507 e. The van der Waals surface area contributed by atoms with Crippen molar-refractivity contribution in [1.29, 1.82) is 0 Å². The van der Waals surface area contributed by atoms with Crippen molar-refractivity contribution in [2.24, 2.45) is 4.99 Å². The molecule has 0 unspecified atom stereocenters. The first-order valence-electron chi connectivity index (χ1n) is 7.38. The third kappa shape index (κ3) is 3.67. The molecule has 1 amide bonds. The van der Waals surface area contributed by atoms with E-state index >= 15 is 0 Å². The highest BCUT2D eigenvalue weighted by Crippen LogP contribution is 2.33. The van der Waals surface area contributed by atoms with E-state index in [1.807, 2.05) is 0 Å². The number of carbonyl (C=O) groups excluding carboxylic acids is 1. The molecule has 2 aromatic rings. The number of nitro groups is 1. The van der Waals surface area contributed by atoms with Gasteiger partial charge in [0.2, 0.25) is 0 Å². The molecule has 1 saturated heterocycles. The first kappa shape index (κ1) is 17.5. The second kappa shape index (κ2) is 7.28. The number of methoxy groups -OCH3 is 1. The van der Waals surface area contributed by atoms with E-state index in [1.165, 1.54) is 31.4 Å². The number of phenolic OH excluding ortho intramolecular Hbond substituents is 1. The lowest BCUT2D eigenvalue weighted by atomic mass is 10.1. The molecular formula is C17H13N3O5S. The van der Waals surface area contributed by atoms with E-state index in [9.17, 15) is 20.0 Å². The van der Waals surface area contributed by atoms with Gasteiger partial charge in [0.05, 0.1) is 16.9 Å². The molecule has 0 atom stereocenters. The molecule has 0 radical (unpaired) electrons. The molecule has 2 aromatic carbocycles. The molecule has 0 bridgehead atoms. The number of amidine groups is 1. The third-order valence-corrected chi connectivity index (χ3v) is 4.38. The Morgan fingerprint density at radius 2 is 2.08 bits per heavy atom. The van der Waals surface area contributed by atoms with Gasteiger partial charge in [-0.25, -0.2) is 4.99 Å². The maximum absolute atomic E-state index is 12.1. The number of non-ortho nitro benzene ring substituents is 1. The number of amides is 1. The van der Waals surface area contributed by atoms with E-state index < -0.39 is 10.8 Å². The molecule has 0 aromatic heterocycles. The molecular weight excluding hydrogens is 358 g/mol. The number of aromatic hydroxyl groups is 1. The van der Waals surface area contributed by atoms with Crippen LogP contribution >= 0.6 is 11.8 Å². The molecule has 1 aliphatic rings. The fourth-order valence-corrected chi connectivity index (χ4v) is 3.05. The number of nitrogens with one attached hydrogen (secondary N) is 1. The molecule has 132 valence electrons. The number of thioether (sulfide) groups is 1. The standard InChI is InChI=1S/C17H13N3O5S/c1-25-14-5-3-2-4-12(14)18-17-19-16(22)15(26-17)9-10-8-11(20(23)24)6-7-13(10)21/h2-9,21H,1H3,(H,18,19,22)/b15-9-. The number of rotatable bonds is 4. The summed E-state index contributed by atoms with van der Waals surface area (Å²) in [6.07, 6.45) is 1.38. The largest absolute Gasteiger partial charge is 0.507 e. The summed E-state index contributed by atoms with van der Waals surface area (Å²) in [6.45, 7) is 0. The van der Waals surface area contributed by atoms with Crippen molar-refractivity contribution in [3.63, 3.8) is 0 Å². The molecule has 8 nitrogen and oxygen atoms in total. The van der Waals surface area contributed by atoms with Crippen molar-refractivity contribution in [1.82, 2.24) is 5.32 Å². The average Bonchev–Trinajstić information content (AvgIpc) is 2.96. The fourth-order valence-electron chi connectivity index (χ4n) is 2.22. The summed E-state index contributed by atoms with van der Waals surface area (Å²) in [7, 11) is 1.52. The van der Waals surface area contributed by atoms with Gasteiger partial charge in [0.1, 0.15) is 17.2 Å². The number of para-hydroxylation sites is 2. The summed E-state index contributed by atoms with van der Waals surface area (Å²) in [5.41, 5.74) is 0.550. The van der Waals surface area contributed by atoms with Crippen molar-refractivity contribution < 1.29 is 19.6 Å². The number of carbonyl (C=O) groups is 1. The molecule has 1 heterocycles. The molecule has 3 rings (SSSR count). The van der Waals surface area contributed by atoms with E-state index in [0.717, 1.165) is 11.8 Å². The number of phenols is 1. The number of benzene rings is 2. The topological polar surface area (TPSA) is 114 Å². The lowest BCUT2D eigenvalue weighted by Gasteiger charge is -2.03. The van der Waals surface area contributed by atoms with E-state index in [2.05, 4.69) is 10.3 Å². The average molecular weight is 371 g/mol. The van der Waals surface area contributed by atoms with Crippen LogP contribution in [0.3, 0.4) is 0 Å². The predicted octanol–water partition coefficient (Wildman–Crippen LogP) is 3.20. The Morgan fingerprint density at radius 1 is 1.31 bits per heavy atom. The summed E-state index contributed by atoms with van der Waals surface area (Å²) in [6, 6.07) is 10.7. The van der Waals surface area contributed by atoms with Crippen LogP contribution in [0.5, 0.6) is 11.5 Å². The van der Waals surface area contributed by atoms with Gasteiger partial charge in [-0.3, -0.25) is 14.9 Å². The van der Waals surface area contributed by atoms with Crippen LogP contribution in [0, 0.1) is 10.1 Å². The molecule has 2 N–H and O–H groups in total. The monoisotopic (exact) mass is 371 g/mol. The van der Waals surface area contributed by atoms with Crippen LogP contribution in [0.2, 0.25) is 0 Å². The van der Waals surface area contributed by atoms with Gasteiger partial charge >= 0.3 is 0 Å². The van der Waals surface area contributed by atoms with Crippen LogP contribution < -0.4 is 10.1 Å². The van der Waals surface area contributed by atoms with Crippen molar-refractivity contribution in [2.75, 3.05) is 7.11 Å². The highest BCUT2D eigenvalue weighted by molar-refractivity contribution is 8.18. The fraction of sp³-hybridized carbons (Fsp3) is 0.0588. The molecule has 1 fully saturated rings. The third-order valence-electron chi connectivity index (χ3n) is 3.47. The Labute approximate surface area is 152 Å². The smallest absolute Gasteiger partial charge is 0.270 e. The second-order valence-corrected chi connectivity index (χ2v) is 6.18. The number of hydrogen-bond donors (Lipinski definition) is 2. The van der Waals surface area contributed by atoms with Gasteiger partial charge in [-0.05, 0) is 36.0 Å². The lowest BCUT2D eigenvalue weighted by molar-refractivity contribution is -0.384. The van der Waals surface area contributed by atoms with Gasteiger partial charge < -0.3 is 15.2 Å². The van der Waals surface area contributed by atoms with Gasteiger partial charge in [0.15, 0.2) is 5.17 Å². The molecule has 9 heteroatoms. The summed E-state index contributed by atoms with van der Waals surface area (Å²) in [5, 5.41) is 23.7. The van der Waals surface area contributed by atoms with Gasteiger partial charge in [-0.1, -0.05) is 12.1 Å². The van der Waals surface area contributed by atoms with E-state index in [1.54, 1.807) is 24.3 Å². The van der Waals surface area contributed by atoms with Crippen LogP contribution in [0.15, 0.2) is 52.4 Å². The van der Waals surface area contributed by atoms with E-state index in [0.29, 0.717) is 16.6 Å². The van der Waals surface area contributed by atoms with Crippen LogP contribution in [0.4, 0.5) is 11.4 Å². The summed E-state index contributed by atoms with van der Waals surface area (Å²) >= 11 is 1.06. The maximum Gasteiger partial charge on any atom is 0.270 e. The van der Waals surface area contributed by atoms with Crippen LogP contribution in [0.1, 0.15) is 5.56 Å². The van der Waals surface area contributed by atoms with Crippen LogP contribution in [0.25, 0.3) is 6.08 Å². The molecule has 0 spiro atoms. The lowest BCUT2D eigenvalue weighted by Crippen LogP contribution is -2.19. The van der Waals surface area contributed by atoms with Crippen LogP contribution in [-0.2, 0) is 4.79 Å². The highest BCUT2D eigenvalue weighted by Gasteiger charge is 2.25. The summed E-state index contributed by atoms with van der Waals surface area (Å²) in [4.78, 5) is 27.0. The van der Waals surface area contributed by atoms with Crippen molar-refractivity contribution in [3.05, 3.63) is 63.0 Å². The Bertz CT molecular complexity index is 955. The molecule has 0 aliphatic carbocycles. The first-order valence-corrected chi connectivity index (χ1v) is 8.19. The number of nitrogens with zero attached hydrogens (tertiary/aromatic N) is 2. The minimum absolute atomic E-state index is 0.161. The Kier molecular flexibility index (Phi) is 4.90. The van der Waals surface area contributed by atoms with Crippen molar-refractivity contribution >= 4 is 40.3 Å². The Hall–Kier alpha value is -3.33. The zero-order chi connectivity index (χ0) is 18.7. The molecule has 26 heavy (non-hydrogen) atoms. The van der Waals surface area contributed by atoms with Gasteiger partial charge in [-0.2, -0.15) is 0 Å². The number of ether oxygens (including phenoxy) is 1. The van der Waals surface area contributed by atoms with Gasteiger partial charge in [0, 0.05) is 17.7 Å². The summed E-state index contributed by atoms with van der Waals surface area (Å²) < 4.78 is 5.22. The van der Waals surface area contributed by atoms with E-state index in [4.69, 9.17) is 4.74 Å². The molecule has 1 aliphatic heterocycles. The predicted molar refractivity (Wildman–Crippen MR) is 98.6 cm³/mol. The first-order chi connectivity index (χ1) is 12.5. The number of nitro benzene ring substituents is 1. The zero-order valence-corrected chi connectivity index (χ0v) is 14.3. The quantitative estimate of drug-likeness (QED) is 0.485. The Balaban J connectivity index is 1.91. The highest BCUT2D eigenvalue weighted by atomic mass is 32.2. The zero-order valence-electron chi connectivity index (χ0n) is 13.5. The molecule has 0 saturated carbocycles. The number of aliphatic imine (C=N–C) groups is 1. The summed E-state index contributed by atoms with van der Waals surface area (Å²) in [5.74, 6) is -0.00946.